The number of nitrogens with two attached hydrogens (primary N) is 1. The fraction of sp³-hybridized carbons (Fsp3) is 0.750. The molecule has 0 bridgehead atoms. The van der Waals surface area contributed by atoms with E-state index < -0.39 is 0 Å². The highest BCUT2D eigenvalue weighted by molar-refractivity contribution is 5.38. The van der Waals surface area contributed by atoms with E-state index in [-0.39, 0.29) is 0 Å². The molecule has 1 aliphatic carbocycles. The van der Waals surface area contributed by atoms with E-state index in [1.165, 1.54) is 12.8 Å². The van der Waals surface area contributed by atoms with Crippen molar-refractivity contribution >= 4 is 5.82 Å². The molecular formula is C8H14N4. The molecule has 1 aliphatic rings. The van der Waals surface area contributed by atoms with E-state index in [4.69, 9.17) is 5.73 Å². The van der Waals surface area contributed by atoms with Crippen molar-refractivity contribution in [2.75, 3.05) is 5.73 Å². The molecular weight excluding hydrogens is 152 g/mol. The monoisotopic (exact) mass is 166 g/mol. The van der Waals surface area contributed by atoms with Crippen LogP contribution in [-0.2, 0) is 0 Å². The van der Waals surface area contributed by atoms with E-state index in [9.17, 15) is 0 Å². The normalized spacial score (nSPS) is 17.2. The van der Waals surface area contributed by atoms with Crippen molar-refractivity contribution in [2.24, 2.45) is 0 Å². The fourth-order valence-corrected chi connectivity index (χ4v) is 1.34. The zero-order valence-electron chi connectivity index (χ0n) is 7.49. The summed E-state index contributed by atoms with van der Waals surface area (Å²) in [6.07, 6.45) is 2.45. The number of anilines is 1. The lowest BCUT2D eigenvalue weighted by atomic mass is 10.3. The predicted octanol–water partition coefficient (Wildman–Crippen LogP) is 1.32. The Morgan fingerprint density at radius 1 is 1.50 bits per heavy atom. The highest BCUT2D eigenvalue weighted by Gasteiger charge is 2.29. The first-order valence-electron chi connectivity index (χ1n) is 4.40. The Morgan fingerprint density at radius 2 is 2.17 bits per heavy atom. The highest BCUT2D eigenvalue weighted by Crippen LogP contribution is 2.41. The van der Waals surface area contributed by atoms with Gasteiger partial charge in [-0.05, 0) is 26.7 Å². The second-order valence-electron chi connectivity index (χ2n) is 3.67. The van der Waals surface area contributed by atoms with Crippen molar-refractivity contribution < 1.29 is 0 Å². The van der Waals surface area contributed by atoms with Crippen LogP contribution in [0.25, 0.3) is 0 Å². The van der Waals surface area contributed by atoms with Crippen LogP contribution in [0.2, 0.25) is 0 Å². The molecule has 0 aromatic carbocycles. The van der Waals surface area contributed by atoms with Gasteiger partial charge >= 0.3 is 0 Å². The number of hydrogen-bond acceptors (Lipinski definition) is 3. The number of nitrogens with zero attached hydrogens (tertiary/aromatic N) is 3. The maximum Gasteiger partial charge on any atom is 0.146 e. The van der Waals surface area contributed by atoms with Gasteiger partial charge < -0.3 is 5.73 Å². The Balaban J connectivity index is 2.33. The van der Waals surface area contributed by atoms with E-state index in [1.807, 2.05) is 0 Å². The second-order valence-corrected chi connectivity index (χ2v) is 3.67. The molecule has 12 heavy (non-hydrogen) atoms. The van der Waals surface area contributed by atoms with Crippen LogP contribution in [-0.4, -0.2) is 15.0 Å². The lowest BCUT2D eigenvalue weighted by molar-refractivity contribution is 0.521. The number of rotatable bonds is 2. The van der Waals surface area contributed by atoms with Crippen LogP contribution in [0.15, 0.2) is 0 Å². The van der Waals surface area contributed by atoms with Gasteiger partial charge in [-0.15, -0.1) is 5.10 Å². The van der Waals surface area contributed by atoms with Crippen LogP contribution >= 0.6 is 0 Å². The first-order chi connectivity index (χ1) is 5.70. The maximum absolute atomic E-state index is 5.88. The molecule has 0 aliphatic heterocycles. The Morgan fingerprint density at radius 3 is 2.58 bits per heavy atom. The lowest BCUT2D eigenvalue weighted by Gasteiger charge is -2.05. The van der Waals surface area contributed by atoms with Crippen molar-refractivity contribution in [3.8, 4) is 0 Å². The second kappa shape index (κ2) is 2.47. The molecule has 0 saturated heterocycles. The van der Waals surface area contributed by atoms with E-state index in [2.05, 4.69) is 24.2 Å². The average molecular weight is 166 g/mol. The van der Waals surface area contributed by atoms with Crippen LogP contribution in [0.5, 0.6) is 0 Å². The van der Waals surface area contributed by atoms with Crippen molar-refractivity contribution in [1.29, 1.82) is 0 Å². The molecule has 0 atom stereocenters. The minimum atomic E-state index is 0.310. The molecule has 1 heterocycles. The third kappa shape index (κ3) is 1.07. The van der Waals surface area contributed by atoms with Crippen LogP contribution in [0.3, 0.4) is 0 Å². The Hall–Kier alpha value is -1.06. The zero-order chi connectivity index (χ0) is 8.72. The molecule has 4 nitrogen and oxygen atoms in total. The van der Waals surface area contributed by atoms with E-state index >= 15 is 0 Å². The van der Waals surface area contributed by atoms with Crippen LogP contribution in [0.1, 0.15) is 44.3 Å². The molecule has 2 N–H and O–H groups in total. The summed E-state index contributed by atoms with van der Waals surface area (Å²) < 4.78 is 1.79. The molecule has 1 aromatic heterocycles. The summed E-state index contributed by atoms with van der Waals surface area (Å²) in [5, 5.41) is 8.11. The zero-order valence-corrected chi connectivity index (χ0v) is 7.49. The summed E-state index contributed by atoms with van der Waals surface area (Å²) >= 11 is 0. The summed E-state index contributed by atoms with van der Waals surface area (Å²) in [6, 6.07) is 0.310. The Labute approximate surface area is 71.8 Å². The van der Waals surface area contributed by atoms with Gasteiger partial charge in [0.2, 0.25) is 0 Å². The molecule has 0 unspecified atom stereocenters. The van der Waals surface area contributed by atoms with Crippen LogP contribution in [0.4, 0.5) is 5.82 Å². The molecule has 1 aromatic rings. The summed E-state index contributed by atoms with van der Waals surface area (Å²) in [5.41, 5.74) is 6.89. The van der Waals surface area contributed by atoms with Gasteiger partial charge in [0, 0.05) is 5.92 Å². The largest absolute Gasteiger partial charge is 0.382 e. The van der Waals surface area contributed by atoms with Gasteiger partial charge in [0.1, 0.15) is 11.5 Å². The van der Waals surface area contributed by atoms with Crippen molar-refractivity contribution in [3.05, 3.63) is 5.69 Å². The van der Waals surface area contributed by atoms with Gasteiger partial charge in [0.05, 0.1) is 6.04 Å². The summed E-state index contributed by atoms with van der Waals surface area (Å²) in [5.74, 6) is 1.35. The highest BCUT2D eigenvalue weighted by atomic mass is 15.5. The van der Waals surface area contributed by atoms with Crippen molar-refractivity contribution in [3.63, 3.8) is 0 Å². The topological polar surface area (TPSA) is 56.7 Å². The maximum atomic E-state index is 5.88. The minimum absolute atomic E-state index is 0.310. The quantitative estimate of drug-likeness (QED) is 0.720. The molecule has 66 valence electrons. The van der Waals surface area contributed by atoms with Gasteiger partial charge in [0.15, 0.2) is 0 Å². The standard InChI is InChI=1S/C8H14N4/c1-5(2)12-8(9)7(10-11-12)6-3-4-6/h5-6H,3-4,9H2,1-2H3. The lowest BCUT2D eigenvalue weighted by Crippen LogP contribution is -2.07. The van der Waals surface area contributed by atoms with E-state index in [1.54, 1.807) is 4.68 Å². The number of hydrogen-bond donors (Lipinski definition) is 1. The molecule has 0 radical (unpaired) electrons. The summed E-state index contributed by atoms with van der Waals surface area (Å²) in [4.78, 5) is 0. The van der Waals surface area contributed by atoms with Gasteiger partial charge in [0.25, 0.3) is 0 Å². The van der Waals surface area contributed by atoms with Crippen molar-refractivity contribution in [1.82, 2.24) is 15.0 Å². The number of aromatic nitrogens is 3. The average Bonchev–Trinajstić information content (AvgIpc) is 2.75. The van der Waals surface area contributed by atoms with Crippen LogP contribution in [0, 0.1) is 0 Å². The Kier molecular flexibility index (Phi) is 1.56. The Bertz CT molecular complexity index is 266. The molecule has 2 rings (SSSR count). The third-order valence-corrected chi connectivity index (χ3v) is 2.21. The third-order valence-electron chi connectivity index (χ3n) is 2.21. The summed E-state index contributed by atoms with van der Waals surface area (Å²) in [6.45, 7) is 4.11. The van der Waals surface area contributed by atoms with Gasteiger partial charge in [-0.1, -0.05) is 5.21 Å². The molecule has 0 amide bonds. The first-order valence-corrected chi connectivity index (χ1v) is 4.40. The smallest absolute Gasteiger partial charge is 0.146 e. The SMILES string of the molecule is CC(C)n1nnc(C2CC2)c1N. The van der Waals surface area contributed by atoms with Gasteiger partial charge in [-0.2, -0.15) is 0 Å². The minimum Gasteiger partial charge on any atom is -0.382 e. The number of nitrogen functional groups attached to an aromatic ring is 1. The first kappa shape index (κ1) is 7.58. The molecule has 4 heteroatoms. The van der Waals surface area contributed by atoms with Crippen molar-refractivity contribution in [2.45, 2.75) is 38.6 Å². The van der Waals surface area contributed by atoms with E-state index in [0.717, 1.165) is 11.5 Å². The van der Waals surface area contributed by atoms with Gasteiger partial charge in [-0.3, -0.25) is 0 Å². The fourth-order valence-electron chi connectivity index (χ4n) is 1.34. The molecule has 1 fully saturated rings. The summed E-state index contributed by atoms with van der Waals surface area (Å²) in [7, 11) is 0. The van der Waals surface area contributed by atoms with Gasteiger partial charge in [-0.25, -0.2) is 4.68 Å². The molecule has 1 saturated carbocycles. The van der Waals surface area contributed by atoms with Crippen LogP contribution < -0.4 is 5.73 Å². The van der Waals surface area contributed by atoms with E-state index in [0.29, 0.717) is 12.0 Å². The molecule has 0 spiro atoms. The predicted molar refractivity (Wildman–Crippen MR) is 46.8 cm³/mol.